The lowest BCUT2D eigenvalue weighted by Crippen LogP contribution is -2.30. The molecule has 0 saturated carbocycles. The van der Waals surface area contributed by atoms with Gasteiger partial charge in [-0.25, -0.2) is 0 Å². The standard InChI is InChI=1S/C6H14BrClSi/c1-4-5-6(7)9(2,3)8/h6H,4-5H2,1-3H3. The molecule has 0 N–H and O–H groups in total. The zero-order valence-electron chi connectivity index (χ0n) is 6.25. The second-order valence-corrected chi connectivity index (χ2v) is 11.5. The number of alkyl halides is 1. The van der Waals surface area contributed by atoms with Crippen LogP contribution in [0.1, 0.15) is 19.8 Å². The van der Waals surface area contributed by atoms with E-state index >= 15 is 0 Å². The molecule has 0 aliphatic rings. The highest BCUT2D eigenvalue weighted by atomic mass is 79.9. The maximum atomic E-state index is 6.15. The molecule has 9 heavy (non-hydrogen) atoms. The third-order valence-electron chi connectivity index (χ3n) is 1.29. The smallest absolute Gasteiger partial charge is 0.163 e. The summed E-state index contributed by atoms with van der Waals surface area (Å²) < 4.78 is 0.580. The van der Waals surface area contributed by atoms with E-state index in [1.54, 1.807) is 0 Å². The predicted octanol–water partition coefficient (Wildman–Crippen LogP) is 3.53. The first-order chi connectivity index (χ1) is 3.98. The third-order valence-corrected chi connectivity index (χ3v) is 8.54. The van der Waals surface area contributed by atoms with Crippen LogP contribution in [0.4, 0.5) is 0 Å². The van der Waals surface area contributed by atoms with Crippen molar-refractivity contribution < 1.29 is 0 Å². The average molecular weight is 230 g/mol. The molecule has 0 aliphatic carbocycles. The maximum Gasteiger partial charge on any atom is 0.163 e. The fourth-order valence-corrected chi connectivity index (χ4v) is 2.36. The van der Waals surface area contributed by atoms with Crippen molar-refractivity contribution in [1.29, 1.82) is 0 Å². The van der Waals surface area contributed by atoms with Gasteiger partial charge < -0.3 is 0 Å². The zero-order valence-corrected chi connectivity index (χ0v) is 9.59. The molecule has 1 unspecified atom stereocenters. The van der Waals surface area contributed by atoms with Gasteiger partial charge in [-0.3, -0.25) is 0 Å². The van der Waals surface area contributed by atoms with Crippen molar-refractivity contribution in [3.8, 4) is 0 Å². The molecule has 0 aromatic heterocycles. The topological polar surface area (TPSA) is 0 Å². The number of halogens is 2. The average Bonchev–Trinajstić information content (AvgIpc) is 1.64. The molecule has 0 fully saturated rings. The summed E-state index contributed by atoms with van der Waals surface area (Å²) in [5.74, 6) is 0. The first-order valence-corrected chi connectivity index (χ1v) is 8.32. The van der Waals surface area contributed by atoms with Crippen molar-refractivity contribution in [2.45, 2.75) is 37.3 Å². The molecule has 0 bridgehead atoms. The highest BCUT2D eigenvalue weighted by Crippen LogP contribution is 2.24. The van der Waals surface area contributed by atoms with Gasteiger partial charge in [0.2, 0.25) is 0 Å². The summed E-state index contributed by atoms with van der Waals surface area (Å²) in [5, 5.41) is 0. The van der Waals surface area contributed by atoms with Gasteiger partial charge in [0, 0.05) is 4.45 Å². The first kappa shape index (κ1) is 9.99. The van der Waals surface area contributed by atoms with Gasteiger partial charge in [0.15, 0.2) is 7.38 Å². The van der Waals surface area contributed by atoms with Crippen LogP contribution in [-0.4, -0.2) is 11.8 Å². The van der Waals surface area contributed by atoms with E-state index in [2.05, 4.69) is 35.9 Å². The Morgan fingerprint density at radius 3 is 2.11 bits per heavy atom. The van der Waals surface area contributed by atoms with Gasteiger partial charge in [0.1, 0.15) is 0 Å². The van der Waals surface area contributed by atoms with E-state index in [1.165, 1.54) is 12.8 Å². The molecular formula is C6H14BrClSi. The Labute approximate surface area is 71.8 Å². The van der Waals surface area contributed by atoms with Crippen LogP contribution in [-0.2, 0) is 0 Å². The summed E-state index contributed by atoms with van der Waals surface area (Å²) >= 11 is 9.74. The molecule has 1 atom stereocenters. The van der Waals surface area contributed by atoms with Crippen molar-refractivity contribution in [2.75, 3.05) is 0 Å². The quantitative estimate of drug-likeness (QED) is 0.395. The van der Waals surface area contributed by atoms with Gasteiger partial charge in [-0.05, 0) is 6.42 Å². The van der Waals surface area contributed by atoms with E-state index in [0.717, 1.165) is 0 Å². The SMILES string of the molecule is CCCC(Br)[Si](C)(C)Cl. The first-order valence-electron chi connectivity index (χ1n) is 3.31. The Balaban J connectivity index is 3.59. The molecule has 0 aliphatic heterocycles. The normalized spacial score (nSPS) is 15.7. The molecule has 0 radical (unpaired) electrons. The largest absolute Gasteiger partial charge is 0.166 e. The lowest BCUT2D eigenvalue weighted by Gasteiger charge is -2.19. The van der Waals surface area contributed by atoms with Gasteiger partial charge in [0.05, 0.1) is 0 Å². The summed E-state index contributed by atoms with van der Waals surface area (Å²) in [5.41, 5.74) is 0. The van der Waals surface area contributed by atoms with Crippen molar-refractivity contribution in [3.05, 3.63) is 0 Å². The Kier molecular flexibility index (Phi) is 4.43. The van der Waals surface area contributed by atoms with E-state index in [-0.39, 0.29) is 0 Å². The summed E-state index contributed by atoms with van der Waals surface area (Å²) in [6.07, 6.45) is 2.43. The highest BCUT2D eigenvalue weighted by molar-refractivity contribution is 9.10. The van der Waals surface area contributed by atoms with Crippen LogP contribution in [0.3, 0.4) is 0 Å². The molecule has 56 valence electrons. The fourth-order valence-electron chi connectivity index (χ4n) is 0.597. The van der Waals surface area contributed by atoms with Crippen molar-refractivity contribution >= 4 is 34.4 Å². The van der Waals surface area contributed by atoms with Crippen LogP contribution in [0.15, 0.2) is 0 Å². The molecule has 0 aromatic rings. The number of hydrogen-bond donors (Lipinski definition) is 0. The van der Waals surface area contributed by atoms with E-state index in [4.69, 9.17) is 11.1 Å². The second-order valence-electron chi connectivity index (χ2n) is 2.82. The van der Waals surface area contributed by atoms with Crippen molar-refractivity contribution in [3.63, 3.8) is 0 Å². The molecular weight excluding hydrogens is 216 g/mol. The van der Waals surface area contributed by atoms with Gasteiger partial charge >= 0.3 is 0 Å². The lowest BCUT2D eigenvalue weighted by molar-refractivity contribution is 0.859. The Morgan fingerprint density at radius 1 is 1.56 bits per heavy atom. The maximum absolute atomic E-state index is 6.15. The van der Waals surface area contributed by atoms with Crippen molar-refractivity contribution in [2.24, 2.45) is 0 Å². The molecule has 0 amide bonds. The predicted molar refractivity (Wildman–Crippen MR) is 51.0 cm³/mol. The highest BCUT2D eigenvalue weighted by Gasteiger charge is 2.26. The minimum absolute atomic E-state index is 0.580. The van der Waals surface area contributed by atoms with Gasteiger partial charge in [-0.15, -0.1) is 0 Å². The molecule has 3 heteroatoms. The number of hydrogen-bond acceptors (Lipinski definition) is 0. The Morgan fingerprint density at radius 2 is 2.00 bits per heavy atom. The summed E-state index contributed by atoms with van der Waals surface area (Å²) in [7, 11) is -1.39. The van der Waals surface area contributed by atoms with Gasteiger partial charge in [-0.2, -0.15) is 11.1 Å². The summed E-state index contributed by atoms with van der Waals surface area (Å²) in [6.45, 7) is 6.53. The molecule has 0 rings (SSSR count). The Bertz CT molecular complexity index is 79.6. The van der Waals surface area contributed by atoms with E-state index in [0.29, 0.717) is 4.45 Å². The molecule has 0 heterocycles. The van der Waals surface area contributed by atoms with Gasteiger partial charge in [-0.1, -0.05) is 42.4 Å². The monoisotopic (exact) mass is 228 g/mol. The third kappa shape index (κ3) is 4.40. The minimum Gasteiger partial charge on any atom is -0.166 e. The van der Waals surface area contributed by atoms with E-state index in [1.807, 2.05) is 0 Å². The van der Waals surface area contributed by atoms with Crippen LogP contribution in [0.5, 0.6) is 0 Å². The number of rotatable bonds is 3. The van der Waals surface area contributed by atoms with E-state index in [9.17, 15) is 0 Å². The Hall–Kier alpha value is 0.987. The summed E-state index contributed by atoms with van der Waals surface area (Å²) in [6, 6.07) is 0. The molecule has 0 nitrogen and oxygen atoms in total. The molecule has 0 spiro atoms. The summed E-state index contributed by atoms with van der Waals surface area (Å²) in [4.78, 5) is 0. The van der Waals surface area contributed by atoms with Crippen molar-refractivity contribution in [1.82, 2.24) is 0 Å². The van der Waals surface area contributed by atoms with Crippen LogP contribution < -0.4 is 0 Å². The van der Waals surface area contributed by atoms with Crippen LogP contribution >= 0.6 is 27.0 Å². The lowest BCUT2D eigenvalue weighted by atomic mass is 10.4. The van der Waals surface area contributed by atoms with Crippen LogP contribution in [0.25, 0.3) is 0 Å². The molecule has 0 saturated heterocycles. The van der Waals surface area contributed by atoms with Crippen LogP contribution in [0.2, 0.25) is 13.1 Å². The molecule has 0 aromatic carbocycles. The fraction of sp³-hybridized carbons (Fsp3) is 1.00. The second kappa shape index (κ2) is 3.99. The zero-order chi connectivity index (χ0) is 7.49. The van der Waals surface area contributed by atoms with Gasteiger partial charge in [0.25, 0.3) is 0 Å². The minimum atomic E-state index is -1.39. The van der Waals surface area contributed by atoms with Crippen LogP contribution in [0, 0.1) is 0 Å². The van der Waals surface area contributed by atoms with E-state index < -0.39 is 7.38 Å².